The average Bonchev–Trinajstić information content (AvgIpc) is 2.77. The summed E-state index contributed by atoms with van der Waals surface area (Å²) in [4.78, 5) is 8.67. The number of nitrogens with zero attached hydrogens (tertiary/aromatic N) is 2. The number of rotatable bonds is 5. The molecule has 0 radical (unpaired) electrons. The summed E-state index contributed by atoms with van der Waals surface area (Å²) in [6, 6.07) is 3.98. The van der Waals surface area contributed by atoms with Crippen LogP contribution in [0.3, 0.4) is 0 Å². The second kappa shape index (κ2) is 5.59. The summed E-state index contributed by atoms with van der Waals surface area (Å²) in [5.41, 5.74) is 8.07. The number of aromatic nitrogens is 2. The summed E-state index contributed by atoms with van der Waals surface area (Å²) < 4.78 is 0. The van der Waals surface area contributed by atoms with Gasteiger partial charge in [-0.15, -0.1) is 11.3 Å². The van der Waals surface area contributed by atoms with Crippen LogP contribution in [0, 0.1) is 0 Å². The highest BCUT2D eigenvalue weighted by Gasteiger charge is 2.11. The average molecular weight is 261 g/mol. The maximum atomic E-state index is 5.97. The molecule has 0 aromatic carbocycles. The second-order valence-corrected chi connectivity index (χ2v) is 6.15. The number of pyridine rings is 1. The highest BCUT2D eigenvalue weighted by atomic mass is 32.1. The highest BCUT2D eigenvalue weighted by Crippen LogP contribution is 2.22. The first kappa shape index (κ1) is 13.2. The van der Waals surface area contributed by atoms with Crippen molar-refractivity contribution in [2.45, 2.75) is 38.6 Å². The molecule has 0 saturated heterocycles. The predicted octanol–water partition coefficient (Wildman–Crippen LogP) is 3.27. The Morgan fingerprint density at radius 3 is 2.67 bits per heavy atom. The third kappa shape index (κ3) is 3.89. The summed E-state index contributed by atoms with van der Waals surface area (Å²) >= 11 is 1.72. The van der Waals surface area contributed by atoms with Crippen molar-refractivity contribution in [2.75, 3.05) is 0 Å². The van der Waals surface area contributed by atoms with Gasteiger partial charge in [0.05, 0.1) is 10.7 Å². The van der Waals surface area contributed by atoms with E-state index >= 15 is 0 Å². The number of nitrogens with two attached hydrogens (primary N) is 1. The fourth-order valence-electron chi connectivity index (χ4n) is 1.78. The Bertz CT molecular complexity index is 485. The van der Waals surface area contributed by atoms with Gasteiger partial charge in [-0.3, -0.25) is 4.98 Å². The van der Waals surface area contributed by atoms with Crippen LogP contribution in [-0.2, 0) is 6.42 Å². The van der Waals surface area contributed by atoms with E-state index in [0.29, 0.717) is 0 Å². The van der Waals surface area contributed by atoms with Gasteiger partial charge in [-0.2, -0.15) is 0 Å². The van der Waals surface area contributed by atoms with Crippen molar-refractivity contribution in [2.24, 2.45) is 5.73 Å². The molecule has 0 atom stereocenters. The molecule has 0 amide bonds. The lowest BCUT2D eigenvalue weighted by atomic mass is 9.99. The van der Waals surface area contributed by atoms with Crippen LogP contribution in [0.15, 0.2) is 29.9 Å². The normalized spacial score (nSPS) is 11.7. The van der Waals surface area contributed by atoms with Crippen molar-refractivity contribution >= 4 is 11.3 Å². The monoisotopic (exact) mass is 261 g/mol. The van der Waals surface area contributed by atoms with Gasteiger partial charge in [0.1, 0.15) is 0 Å². The van der Waals surface area contributed by atoms with E-state index in [2.05, 4.69) is 29.2 Å². The number of hydrogen-bond donors (Lipinski definition) is 1. The first-order valence-electron chi connectivity index (χ1n) is 6.18. The molecule has 0 fully saturated rings. The van der Waals surface area contributed by atoms with Gasteiger partial charge in [0, 0.05) is 28.9 Å². The zero-order valence-electron chi connectivity index (χ0n) is 10.9. The van der Waals surface area contributed by atoms with E-state index in [9.17, 15) is 0 Å². The van der Waals surface area contributed by atoms with Gasteiger partial charge in [-0.1, -0.05) is 0 Å². The number of aryl methyl sites for hydroxylation is 1. The van der Waals surface area contributed by atoms with Crippen molar-refractivity contribution in [3.05, 3.63) is 34.9 Å². The molecule has 4 heteroatoms. The fourth-order valence-corrected chi connectivity index (χ4v) is 2.63. The lowest BCUT2D eigenvalue weighted by molar-refractivity contribution is 0.459. The first-order valence-corrected chi connectivity index (χ1v) is 7.06. The lowest BCUT2D eigenvalue weighted by Crippen LogP contribution is -2.31. The van der Waals surface area contributed by atoms with Crippen molar-refractivity contribution in [3.63, 3.8) is 0 Å². The van der Waals surface area contributed by atoms with Gasteiger partial charge < -0.3 is 5.73 Å². The van der Waals surface area contributed by atoms with Gasteiger partial charge in [0.15, 0.2) is 0 Å². The van der Waals surface area contributed by atoms with E-state index in [-0.39, 0.29) is 5.54 Å². The summed E-state index contributed by atoms with van der Waals surface area (Å²) in [7, 11) is 0. The Balaban J connectivity index is 1.95. The molecule has 0 saturated carbocycles. The zero-order valence-corrected chi connectivity index (χ0v) is 11.7. The molecular formula is C14H19N3S. The second-order valence-electron chi connectivity index (χ2n) is 5.20. The van der Waals surface area contributed by atoms with Gasteiger partial charge in [-0.05, 0) is 45.2 Å². The molecule has 0 bridgehead atoms. The largest absolute Gasteiger partial charge is 0.326 e. The Morgan fingerprint density at radius 2 is 2.00 bits per heavy atom. The number of hydrogen-bond acceptors (Lipinski definition) is 4. The SMILES string of the molecule is CC(C)(N)CCCc1nc(-c2ccncc2)cs1. The smallest absolute Gasteiger partial charge is 0.0932 e. The molecule has 2 aromatic heterocycles. The van der Waals surface area contributed by atoms with Crippen LogP contribution in [0.1, 0.15) is 31.7 Å². The van der Waals surface area contributed by atoms with Gasteiger partial charge in [-0.25, -0.2) is 4.98 Å². The fraction of sp³-hybridized carbons (Fsp3) is 0.429. The van der Waals surface area contributed by atoms with Crippen LogP contribution in [-0.4, -0.2) is 15.5 Å². The van der Waals surface area contributed by atoms with Crippen molar-refractivity contribution in [1.29, 1.82) is 0 Å². The third-order valence-electron chi connectivity index (χ3n) is 2.74. The summed E-state index contributed by atoms with van der Waals surface area (Å²) in [5, 5.41) is 3.30. The molecule has 2 aromatic rings. The molecule has 96 valence electrons. The van der Waals surface area contributed by atoms with Gasteiger partial charge in [0.25, 0.3) is 0 Å². The van der Waals surface area contributed by atoms with Crippen LogP contribution < -0.4 is 5.73 Å². The molecule has 2 rings (SSSR count). The summed E-state index contributed by atoms with van der Waals surface area (Å²) in [5.74, 6) is 0. The van der Waals surface area contributed by atoms with Crippen LogP contribution in [0.2, 0.25) is 0 Å². The molecule has 2 heterocycles. The topological polar surface area (TPSA) is 51.8 Å². The van der Waals surface area contributed by atoms with Crippen LogP contribution in [0.5, 0.6) is 0 Å². The van der Waals surface area contributed by atoms with Crippen LogP contribution in [0.25, 0.3) is 11.3 Å². The Hall–Kier alpha value is -1.26. The van der Waals surface area contributed by atoms with Gasteiger partial charge in [0.2, 0.25) is 0 Å². The van der Waals surface area contributed by atoms with E-state index < -0.39 is 0 Å². The van der Waals surface area contributed by atoms with Crippen molar-refractivity contribution in [3.8, 4) is 11.3 Å². The zero-order chi connectivity index (χ0) is 13.0. The minimum Gasteiger partial charge on any atom is -0.326 e. The quantitative estimate of drug-likeness (QED) is 0.898. The molecule has 0 aliphatic carbocycles. The summed E-state index contributed by atoms with van der Waals surface area (Å²) in [6.07, 6.45) is 6.72. The van der Waals surface area contributed by atoms with E-state index in [1.165, 1.54) is 5.01 Å². The number of thiazole rings is 1. The van der Waals surface area contributed by atoms with Crippen LogP contribution >= 0.6 is 11.3 Å². The molecule has 0 aliphatic rings. The van der Waals surface area contributed by atoms with E-state index in [4.69, 9.17) is 5.73 Å². The third-order valence-corrected chi connectivity index (χ3v) is 3.65. The first-order chi connectivity index (χ1) is 8.54. The standard InChI is InChI=1S/C14H19N3S/c1-14(2,15)7-3-4-13-17-12(10-18-13)11-5-8-16-9-6-11/h5-6,8-10H,3-4,7,15H2,1-2H3. The predicted molar refractivity (Wildman–Crippen MR) is 76.5 cm³/mol. The van der Waals surface area contributed by atoms with Crippen molar-refractivity contribution in [1.82, 2.24) is 9.97 Å². The van der Waals surface area contributed by atoms with E-state index in [1.807, 2.05) is 12.1 Å². The minimum atomic E-state index is -0.0782. The Labute approximate surface area is 112 Å². The van der Waals surface area contributed by atoms with E-state index in [1.54, 1.807) is 23.7 Å². The molecule has 0 spiro atoms. The molecule has 0 aliphatic heterocycles. The minimum absolute atomic E-state index is 0.0782. The Kier molecular flexibility index (Phi) is 4.09. The molecule has 3 nitrogen and oxygen atoms in total. The van der Waals surface area contributed by atoms with E-state index in [0.717, 1.165) is 30.5 Å². The lowest BCUT2D eigenvalue weighted by Gasteiger charge is -2.17. The molecular weight excluding hydrogens is 242 g/mol. The maximum absolute atomic E-state index is 5.97. The summed E-state index contributed by atoms with van der Waals surface area (Å²) in [6.45, 7) is 4.13. The molecule has 0 unspecified atom stereocenters. The highest BCUT2D eigenvalue weighted by molar-refractivity contribution is 7.09. The van der Waals surface area contributed by atoms with Gasteiger partial charge >= 0.3 is 0 Å². The van der Waals surface area contributed by atoms with Crippen LogP contribution in [0.4, 0.5) is 0 Å². The molecule has 18 heavy (non-hydrogen) atoms. The maximum Gasteiger partial charge on any atom is 0.0932 e. The Morgan fingerprint density at radius 1 is 1.28 bits per heavy atom. The van der Waals surface area contributed by atoms with Crippen molar-refractivity contribution < 1.29 is 0 Å². The molecule has 2 N–H and O–H groups in total.